The van der Waals surface area contributed by atoms with Crippen LogP contribution in [0.1, 0.15) is 24.0 Å². The fraction of sp³-hybridized carbons (Fsp3) is 0.423. The highest BCUT2D eigenvalue weighted by atomic mass is 16.5. The van der Waals surface area contributed by atoms with E-state index in [0.29, 0.717) is 13.1 Å². The zero-order valence-corrected chi connectivity index (χ0v) is 19.3. The number of carbonyl (C=O) groups excluding carboxylic acids is 3. The smallest absolute Gasteiger partial charge is 0.240 e. The van der Waals surface area contributed by atoms with Crippen LogP contribution in [0.4, 0.5) is 5.69 Å². The molecule has 2 aliphatic heterocycles. The highest BCUT2D eigenvalue weighted by Gasteiger charge is 2.54. The Morgan fingerprint density at radius 2 is 1.64 bits per heavy atom. The summed E-state index contributed by atoms with van der Waals surface area (Å²) in [6.45, 7) is 5.05. The van der Waals surface area contributed by atoms with Crippen molar-refractivity contribution in [3.05, 3.63) is 65.7 Å². The fourth-order valence-corrected chi connectivity index (χ4v) is 4.99. The summed E-state index contributed by atoms with van der Waals surface area (Å²) >= 11 is 0. The van der Waals surface area contributed by atoms with Crippen molar-refractivity contribution >= 4 is 23.4 Å². The predicted molar refractivity (Wildman–Crippen MR) is 126 cm³/mol. The van der Waals surface area contributed by atoms with Crippen molar-refractivity contribution in [2.45, 2.75) is 25.2 Å². The second-order valence-electron chi connectivity index (χ2n) is 8.80. The van der Waals surface area contributed by atoms with Gasteiger partial charge < -0.3 is 14.5 Å². The highest BCUT2D eigenvalue weighted by molar-refractivity contribution is 6.11. The van der Waals surface area contributed by atoms with Gasteiger partial charge in [0, 0.05) is 51.8 Å². The van der Waals surface area contributed by atoms with Crippen molar-refractivity contribution in [2.24, 2.45) is 0 Å². The van der Waals surface area contributed by atoms with Gasteiger partial charge in [0.25, 0.3) is 0 Å². The average Bonchev–Trinajstić information content (AvgIpc) is 3.07. The second-order valence-corrected chi connectivity index (χ2v) is 8.80. The minimum atomic E-state index is -1.16. The summed E-state index contributed by atoms with van der Waals surface area (Å²) in [6.07, 6.45) is 0.00731. The van der Waals surface area contributed by atoms with Crippen LogP contribution in [-0.4, -0.2) is 74.0 Å². The maximum atomic E-state index is 13.6. The zero-order chi connectivity index (χ0) is 23.4. The molecule has 4 rings (SSSR count). The molecule has 0 N–H and O–H groups in total. The first-order valence-electron chi connectivity index (χ1n) is 11.4. The van der Waals surface area contributed by atoms with Gasteiger partial charge in [-0.3, -0.25) is 19.3 Å². The molecule has 0 spiro atoms. The number of nitrogens with zero attached hydrogens (tertiary/aromatic N) is 3. The van der Waals surface area contributed by atoms with E-state index in [1.165, 1.54) is 12.0 Å². The Bertz CT molecular complexity index is 1020. The van der Waals surface area contributed by atoms with E-state index in [0.717, 1.165) is 29.9 Å². The largest absolute Gasteiger partial charge is 0.383 e. The molecule has 2 fully saturated rings. The standard InChI is InChI=1S/C26H31N3O4/c1-20-8-6-7-11-22(20)26(19-24(31)29(25(26)32)16-17-33-2)18-23(30)28-14-12-27(13-15-28)21-9-4-3-5-10-21/h3-11H,12-19H2,1-2H3/t26-/m0/s1. The number of methoxy groups -OCH3 is 1. The van der Waals surface area contributed by atoms with Crippen LogP contribution < -0.4 is 4.90 Å². The van der Waals surface area contributed by atoms with Crippen LogP contribution in [-0.2, 0) is 24.5 Å². The van der Waals surface area contributed by atoms with E-state index in [-0.39, 0.29) is 43.7 Å². The summed E-state index contributed by atoms with van der Waals surface area (Å²) in [5.41, 5.74) is 1.66. The van der Waals surface area contributed by atoms with Gasteiger partial charge in [-0.2, -0.15) is 0 Å². The molecule has 33 heavy (non-hydrogen) atoms. The molecule has 1 atom stereocenters. The molecular formula is C26H31N3O4. The number of para-hydroxylation sites is 1. The van der Waals surface area contributed by atoms with Gasteiger partial charge in [0.15, 0.2) is 0 Å². The van der Waals surface area contributed by atoms with Crippen LogP contribution in [0.15, 0.2) is 54.6 Å². The molecular weight excluding hydrogens is 418 g/mol. The van der Waals surface area contributed by atoms with Gasteiger partial charge in [-0.15, -0.1) is 0 Å². The Hall–Kier alpha value is -3.19. The first kappa shape index (κ1) is 23.0. The summed E-state index contributed by atoms with van der Waals surface area (Å²) in [5, 5.41) is 0. The molecule has 2 aromatic rings. The van der Waals surface area contributed by atoms with Crippen LogP contribution in [0.3, 0.4) is 0 Å². The van der Waals surface area contributed by atoms with E-state index in [1.54, 1.807) is 0 Å². The number of likely N-dealkylation sites (tertiary alicyclic amines) is 1. The Kier molecular flexibility index (Phi) is 6.79. The van der Waals surface area contributed by atoms with E-state index in [1.807, 2.05) is 54.3 Å². The molecule has 0 bridgehead atoms. The topological polar surface area (TPSA) is 70.2 Å². The Morgan fingerprint density at radius 1 is 0.970 bits per heavy atom. The number of benzene rings is 2. The van der Waals surface area contributed by atoms with Crippen molar-refractivity contribution in [3.63, 3.8) is 0 Å². The number of piperazine rings is 1. The minimum Gasteiger partial charge on any atom is -0.383 e. The molecule has 0 radical (unpaired) electrons. The number of ether oxygens (including phenoxy) is 1. The van der Waals surface area contributed by atoms with Crippen molar-refractivity contribution in [3.8, 4) is 0 Å². The second kappa shape index (κ2) is 9.75. The zero-order valence-electron chi connectivity index (χ0n) is 19.3. The number of hydrogen-bond acceptors (Lipinski definition) is 5. The van der Waals surface area contributed by atoms with Crippen molar-refractivity contribution in [1.29, 1.82) is 0 Å². The molecule has 3 amide bonds. The van der Waals surface area contributed by atoms with Crippen molar-refractivity contribution in [1.82, 2.24) is 9.80 Å². The van der Waals surface area contributed by atoms with Gasteiger partial charge in [-0.25, -0.2) is 0 Å². The molecule has 0 aromatic heterocycles. The summed E-state index contributed by atoms with van der Waals surface area (Å²) in [6, 6.07) is 17.7. The molecule has 0 saturated carbocycles. The third-order valence-corrected chi connectivity index (χ3v) is 6.79. The molecule has 2 saturated heterocycles. The summed E-state index contributed by atoms with van der Waals surface area (Å²) in [7, 11) is 1.54. The summed E-state index contributed by atoms with van der Waals surface area (Å²) in [5.74, 6) is -0.627. The summed E-state index contributed by atoms with van der Waals surface area (Å²) in [4.78, 5) is 45.3. The van der Waals surface area contributed by atoms with E-state index < -0.39 is 5.41 Å². The Labute approximate surface area is 194 Å². The molecule has 0 unspecified atom stereocenters. The summed E-state index contributed by atoms with van der Waals surface area (Å²) < 4.78 is 5.09. The van der Waals surface area contributed by atoms with Crippen LogP contribution in [0.5, 0.6) is 0 Å². The van der Waals surface area contributed by atoms with Gasteiger partial charge in [0.05, 0.1) is 18.6 Å². The lowest BCUT2D eigenvalue weighted by atomic mass is 9.74. The lowest BCUT2D eigenvalue weighted by Gasteiger charge is -2.38. The van der Waals surface area contributed by atoms with Gasteiger partial charge >= 0.3 is 0 Å². The number of anilines is 1. The van der Waals surface area contributed by atoms with E-state index in [9.17, 15) is 14.4 Å². The number of amides is 3. The minimum absolute atomic E-state index is 0.00273. The van der Waals surface area contributed by atoms with Crippen LogP contribution in [0.2, 0.25) is 0 Å². The lowest BCUT2D eigenvalue weighted by Crippen LogP contribution is -2.51. The van der Waals surface area contributed by atoms with Crippen LogP contribution >= 0.6 is 0 Å². The van der Waals surface area contributed by atoms with E-state index in [4.69, 9.17) is 4.74 Å². The fourth-order valence-electron chi connectivity index (χ4n) is 4.99. The van der Waals surface area contributed by atoms with E-state index >= 15 is 0 Å². The monoisotopic (exact) mass is 449 g/mol. The SMILES string of the molecule is COCCN1C(=O)C[C@@](CC(=O)N2CCN(c3ccccc3)CC2)(c2ccccc2C)C1=O. The number of hydrogen-bond donors (Lipinski definition) is 0. The molecule has 2 heterocycles. The van der Waals surface area contributed by atoms with Gasteiger partial charge in [-0.05, 0) is 30.2 Å². The van der Waals surface area contributed by atoms with Gasteiger partial charge in [0.2, 0.25) is 17.7 Å². The van der Waals surface area contributed by atoms with Gasteiger partial charge in [0.1, 0.15) is 0 Å². The quantitative estimate of drug-likeness (QED) is 0.607. The number of aryl methyl sites for hydroxylation is 1. The van der Waals surface area contributed by atoms with Crippen LogP contribution in [0.25, 0.3) is 0 Å². The first-order valence-corrected chi connectivity index (χ1v) is 11.4. The first-order chi connectivity index (χ1) is 16.0. The molecule has 2 aliphatic rings. The molecule has 174 valence electrons. The Balaban J connectivity index is 1.54. The molecule has 7 nitrogen and oxygen atoms in total. The predicted octanol–water partition coefficient (Wildman–Crippen LogP) is 2.38. The lowest BCUT2D eigenvalue weighted by molar-refractivity contribution is -0.143. The number of imide groups is 1. The third-order valence-electron chi connectivity index (χ3n) is 6.79. The maximum Gasteiger partial charge on any atom is 0.240 e. The van der Waals surface area contributed by atoms with Gasteiger partial charge in [-0.1, -0.05) is 42.5 Å². The Morgan fingerprint density at radius 3 is 2.30 bits per heavy atom. The number of carbonyl (C=O) groups is 3. The molecule has 2 aromatic carbocycles. The third kappa shape index (κ3) is 4.50. The highest BCUT2D eigenvalue weighted by Crippen LogP contribution is 2.41. The van der Waals surface area contributed by atoms with E-state index in [2.05, 4.69) is 17.0 Å². The van der Waals surface area contributed by atoms with Crippen molar-refractivity contribution in [2.75, 3.05) is 51.3 Å². The normalized spacial score (nSPS) is 21.1. The maximum absolute atomic E-state index is 13.6. The number of rotatable bonds is 7. The molecule has 0 aliphatic carbocycles. The molecule has 7 heteroatoms. The van der Waals surface area contributed by atoms with Crippen molar-refractivity contribution < 1.29 is 19.1 Å². The average molecular weight is 450 g/mol. The van der Waals surface area contributed by atoms with Crippen LogP contribution in [0, 0.1) is 6.92 Å².